The zero-order valence-corrected chi connectivity index (χ0v) is 14.0. The van der Waals surface area contributed by atoms with E-state index in [1.54, 1.807) is 23.3 Å². The lowest BCUT2D eigenvalue weighted by atomic mass is 10.2. The highest BCUT2D eigenvalue weighted by Crippen LogP contribution is 2.35. The first-order chi connectivity index (χ1) is 10.9. The van der Waals surface area contributed by atoms with Gasteiger partial charge in [-0.1, -0.05) is 24.3 Å². The van der Waals surface area contributed by atoms with Crippen LogP contribution in [-0.4, -0.2) is 15.7 Å². The van der Waals surface area contributed by atoms with Crippen molar-refractivity contribution in [2.75, 3.05) is 10.5 Å². The van der Waals surface area contributed by atoms with Crippen molar-refractivity contribution in [3.8, 4) is 10.7 Å². The molecule has 0 aliphatic carbocycles. The van der Waals surface area contributed by atoms with Gasteiger partial charge in [-0.05, 0) is 30.2 Å². The summed E-state index contributed by atoms with van der Waals surface area (Å²) in [6.45, 7) is 0. The SMILES string of the molecule is C1=CCSC(SNc2cccc3cc(-c4nccs4)[nH]c23)=C1. The molecule has 3 aromatic rings. The fraction of sp³-hybridized carbons (Fsp3) is 0.0625. The van der Waals surface area contributed by atoms with Crippen LogP contribution in [0.25, 0.3) is 21.6 Å². The quantitative estimate of drug-likeness (QED) is 0.614. The number of thiazole rings is 1. The molecule has 0 atom stereocenters. The van der Waals surface area contributed by atoms with Crippen molar-refractivity contribution in [2.24, 2.45) is 0 Å². The molecule has 2 N–H and O–H groups in total. The van der Waals surface area contributed by atoms with Crippen molar-refractivity contribution in [3.63, 3.8) is 0 Å². The Hall–Kier alpha value is -1.63. The summed E-state index contributed by atoms with van der Waals surface area (Å²) in [4.78, 5) is 7.86. The Balaban J connectivity index is 1.63. The summed E-state index contributed by atoms with van der Waals surface area (Å²) >= 11 is 5.15. The Morgan fingerprint density at radius 1 is 1.32 bits per heavy atom. The molecule has 0 saturated carbocycles. The molecular weight excluding hydrogens is 330 g/mol. The van der Waals surface area contributed by atoms with Crippen LogP contribution in [-0.2, 0) is 0 Å². The smallest absolute Gasteiger partial charge is 0.139 e. The predicted molar refractivity (Wildman–Crippen MR) is 100 cm³/mol. The Morgan fingerprint density at radius 2 is 2.32 bits per heavy atom. The van der Waals surface area contributed by atoms with Crippen LogP contribution >= 0.6 is 35.0 Å². The number of H-pyrrole nitrogens is 1. The van der Waals surface area contributed by atoms with E-state index < -0.39 is 0 Å². The first kappa shape index (κ1) is 14.0. The molecule has 4 rings (SSSR count). The average molecular weight is 344 g/mol. The van der Waals surface area contributed by atoms with E-state index in [4.69, 9.17) is 0 Å². The van der Waals surface area contributed by atoms with Crippen molar-refractivity contribution < 1.29 is 0 Å². The highest BCUT2D eigenvalue weighted by Gasteiger charge is 2.09. The van der Waals surface area contributed by atoms with Crippen molar-refractivity contribution in [2.45, 2.75) is 0 Å². The molecule has 0 radical (unpaired) electrons. The lowest BCUT2D eigenvalue weighted by Crippen LogP contribution is -1.90. The molecule has 0 fully saturated rings. The largest absolute Gasteiger partial charge is 0.351 e. The number of benzene rings is 1. The van der Waals surface area contributed by atoms with Crippen LogP contribution in [0.1, 0.15) is 0 Å². The van der Waals surface area contributed by atoms with Crippen LogP contribution < -0.4 is 4.72 Å². The molecule has 0 spiro atoms. The summed E-state index contributed by atoms with van der Waals surface area (Å²) in [5.41, 5.74) is 3.29. The predicted octanol–water partition coefficient (Wildman–Crippen LogP) is 5.50. The molecule has 3 heterocycles. The fourth-order valence-corrected chi connectivity index (χ4v) is 4.51. The second kappa shape index (κ2) is 6.24. The number of nitrogens with one attached hydrogen (secondary N) is 2. The number of thioether (sulfide) groups is 1. The summed E-state index contributed by atoms with van der Waals surface area (Å²) in [6.07, 6.45) is 8.25. The van der Waals surface area contributed by atoms with E-state index >= 15 is 0 Å². The third-order valence-electron chi connectivity index (χ3n) is 3.27. The topological polar surface area (TPSA) is 40.7 Å². The van der Waals surface area contributed by atoms with Gasteiger partial charge in [0.15, 0.2) is 0 Å². The number of fused-ring (bicyclic) bond motifs is 1. The molecule has 22 heavy (non-hydrogen) atoms. The summed E-state index contributed by atoms with van der Waals surface area (Å²) in [5.74, 6) is 1.04. The molecule has 1 aliphatic rings. The van der Waals surface area contributed by atoms with Gasteiger partial charge in [-0.3, -0.25) is 0 Å². The van der Waals surface area contributed by atoms with Crippen molar-refractivity contribution in [1.82, 2.24) is 9.97 Å². The van der Waals surface area contributed by atoms with Crippen molar-refractivity contribution in [1.29, 1.82) is 0 Å². The molecule has 0 saturated heterocycles. The Labute approximate surface area is 141 Å². The summed E-state index contributed by atoms with van der Waals surface area (Å²) in [7, 11) is 0. The van der Waals surface area contributed by atoms with E-state index in [0.717, 1.165) is 27.7 Å². The monoisotopic (exact) mass is 343 g/mol. The van der Waals surface area contributed by atoms with Crippen LogP contribution in [0.15, 0.2) is 58.3 Å². The van der Waals surface area contributed by atoms with E-state index in [9.17, 15) is 0 Å². The fourth-order valence-electron chi connectivity index (χ4n) is 2.26. The number of para-hydroxylation sites is 1. The number of hydrogen-bond acceptors (Lipinski definition) is 5. The highest BCUT2D eigenvalue weighted by molar-refractivity contribution is 8.22. The van der Waals surface area contributed by atoms with E-state index in [-0.39, 0.29) is 0 Å². The second-order valence-corrected chi connectivity index (χ2v) is 7.78. The second-order valence-electron chi connectivity index (χ2n) is 4.72. The van der Waals surface area contributed by atoms with Crippen molar-refractivity contribution >= 4 is 51.6 Å². The third-order valence-corrected chi connectivity index (χ3v) is 6.12. The summed E-state index contributed by atoms with van der Waals surface area (Å²) < 4.78 is 4.74. The number of aromatic amines is 1. The number of rotatable bonds is 4. The van der Waals surface area contributed by atoms with Crippen LogP contribution in [0.3, 0.4) is 0 Å². The van der Waals surface area contributed by atoms with Gasteiger partial charge in [-0.2, -0.15) is 0 Å². The number of nitrogens with zero attached hydrogens (tertiary/aromatic N) is 1. The van der Waals surface area contributed by atoms with Crippen molar-refractivity contribution in [3.05, 3.63) is 58.3 Å². The molecule has 1 aromatic carbocycles. The van der Waals surface area contributed by atoms with Crippen LogP contribution in [0.4, 0.5) is 5.69 Å². The van der Waals surface area contributed by atoms with Crippen LogP contribution in [0, 0.1) is 0 Å². The summed E-state index contributed by atoms with van der Waals surface area (Å²) in [5, 5.41) is 4.21. The zero-order chi connectivity index (χ0) is 14.8. The lowest BCUT2D eigenvalue weighted by Gasteiger charge is -2.10. The van der Waals surface area contributed by atoms with Gasteiger partial charge in [0.1, 0.15) is 5.01 Å². The van der Waals surface area contributed by atoms with E-state index in [2.05, 4.69) is 57.2 Å². The molecular formula is C16H13N3S3. The van der Waals surface area contributed by atoms with Gasteiger partial charge in [0.25, 0.3) is 0 Å². The van der Waals surface area contributed by atoms with Gasteiger partial charge in [0.2, 0.25) is 0 Å². The maximum absolute atomic E-state index is 4.37. The minimum Gasteiger partial charge on any atom is -0.351 e. The number of aromatic nitrogens is 2. The standard InChI is InChI=1S/C16H13N3S3/c1-2-8-20-14(6-1)22-19-12-5-3-4-11-10-13(18-15(11)12)16-17-7-9-21-16/h1-7,9-10,18-19H,8H2. The van der Waals surface area contributed by atoms with E-state index in [1.807, 2.05) is 23.3 Å². The molecule has 2 aromatic heterocycles. The number of allylic oxidation sites excluding steroid dienone is 2. The minimum atomic E-state index is 1.02. The normalized spacial score (nSPS) is 14.3. The third kappa shape index (κ3) is 2.82. The molecule has 6 heteroatoms. The first-order valence-corrected chi connectivity index (χ1v) is 9.52. The van der Waals surface area contributed by atoms with E-state index in [0.29, 0.717) is 0 Å². The average Bonchev–Trinajstić information content (AvgIpc) is 3.22. The molecule has 1 aliphatic heterocycles. The number of anilines is 1. The zero-order valence-electron chi connectivity index (χ0n) is 11.6. The first-order valence-electron chi connectivity index (χ1n) is 6.84. The van der Waals surface area contributed by atoms with Gasteiger partial charge in [-0.15, -0.1) is 23.1 Å². The maximum Gasteiger partial charge on any atom is 0.139 e. The van der Waals surface area contributed by atoms with Gasteiger partial charge >= 0.3 is 0 Å². The molecule has 3 nitrogen and oxygen atoms in total. The van der Waals surface area contributed by atoms with Crippen LogP contribution in [0.2, 0.25) is 0 Å². The Bertz CT molecular complexity index is 847. The van der Waals surface area contributed by atoms with Gasteiger partial charge in [-0.25, -0.2) is 4.98 Å². The molecule has 0 amide bonds. The lowest BCUT2D eigenvalue weighted by molar-refractivity contribution is 1.36. The van der Waals surface area contributed by atoms with E-state index in [1.165, 1.54) is 9.62 Å². The van der Waals surface area contributed by atoms with Crippen LogP contribution in [0.5, 0.6) is 0 Å². The molecule has 110 valence electrons. The van der Waals surface area contributed by atoms with Gasteiger partial charge in [0, 0.05) is 22.7 Å². The summed E-state index contributed by atoms with van der Waals surface area (Å²) in [6, 6.07) is 8.45. The maximum atomic E-state index is 4.37. The Morgan fingerprint density at radius 3 is 3.14 bits per heavy atom. The van der Waals surface area contributed by atoms with Gasteiger partial charge < -0.3 is 9.71 Å². The minimum absolute atomic E-state index is 1.02. The Kier molecular flexibility index (Phi) is 3.97. The number of hydrogen-bond donors (Lipinski definition) is 2. The van der Waals surface area contributed by atoms with Gasteiger partial charge in [0.05, 0.1) is 21.1 Å². The molecule has 0 unspecified atom stereocenters. The highest BCUT2D eigenvalue weighted by atomic mass is 32.2. The molecule has 0 bridgehead atoms.